The van der Waals surface area contributed by atoms with Gasteiger partial charge in [0.05, 0.1) is 13.3 Å². The van der Waals surface area contributed by atoms with E-state index in [1.807, 2.05) is 13.8 Å². The van der Waals surface area contributed by atoms with Gasteiger partial charge in [0.25, 0.3) is 0 Å². The number of nitrogens with zero attached hydrogens (tertiary/aromatic N) is 2. The van der Waals surface area contributed by atoms with E-state index in [1.54, 1.807) is 6.20 Å². The van der Waals surface area contributed by atoms with Gasteiger partial charge in [-0.25, -0.2) is 4.98 Å². The fraction of sp³-hybridized carbons (Fsp3) is 0.556. The molecule has 14 heavy (non-hydrogen) atoms. The Hall–Kier alpha value is -0.430. The molecule has 0 aliphatic rings. The molecular weight excluding hydrogens is 295 g/mol. The molecule has 1 atom stereocenters. The fourth-order valence-corrected chi connectivity index (χ4v) is 1.39. The molecule has 0 aliphatic heterocycles. The third-order valence-corrected chi connectivity index (χ3v) is 2.36. The van der Waals surface area contributed by atoms with Crippen LogP contribution in [0.4, 0.5) is 0 Å². The standard InChI is InChI=1S/C9H13IN2O2/c1-5(2)8(13)7-9(14-3)12-6(10)4-11-7/h4-5,8,13H,1-3H3. The van der Waals surface area contributed by atoms with Crippen LogP contribution >= 0.6 is 22.6 Å². The van der Waals surface area contributed by atoms with Gasteiger partial charge in [0.1, 0.15) is 15.5 Å². The van der Waals surface area contributed by atoms with Crippen molar-refractivity contribution in [1.82, 2.24) is 9.97 Å². The van der Waals surface area contributed by atoms with Crippen LogP contribution in [0, 0.1) is 9.62 Å². The molecule has 0 aromatic carbocycles. The molecule has 1 aromatic heterocycles. The molecule has 4 nitrogen and oxygen atoms in total. The molecule has 1 rings (SSSR count). The van der Waals surface area contributed by atoms with Gasteiger partial charge in [-0.05, 0) is 28.5 Å². The van der Waals surface area contributed by atoms with Gasteiger partial charge >= 0.3 is 0 Å². The first kappa shape index (κ1) is 11.6. The lowest BCUT2D eigenvalue weighted by molar-refractivity contribution is 0.118. The second-order valence-electron chi connectivity index (χ2n) is 3.28. The van der Waals surface area contributed by atoms with Crippen molar-refractivity contribution in [2.75, 3.05) is 7.11 Å². The van der Waals surface area contributed by atoms with Crippen LogP contribution in [0.15, 0.2) is 6.20 Å². The average Bonchev–Trinajstić information content (AvgIpc) is 2.16. The number of hydrogen-bond acceptors (Lipinski definition) is 4. The van der Waals surface area contributed by atoms with Crippen molar-refractivity contribution in [3.05, 3.63) is 15.6 Å². The quantitative estimate of drug-likeness (QED) is 0.865. The molecule has 78 valence electrons. The molecule has 0 spiro atoms. The largest absolute Gasteiger partial charge is 0.480 e. The van der Waals surface area contributed by atoms with Crippen LogP contribution in [0.5, 0.6) is 5.88 Å². The first-order chi connectivity index (χ1) is 6.56. The molecule has 0 aliphatic carbocycles. The molecule has 0 fully saturated rings. The van der Waals surface area contributed by atoms with E-state index in [1.165, 1.54) is 7.11 Å². The zero-order chi connectivity index (χ0) is 10.7. The molecular formula is C9H13IN2O2. The van der Waals surface area contributed by atoms with Crippen molar-refractivity contribution in [2.24, 2.45) is 5.92 Å². The zero-order valence-corrected chi connectivity index (χ0v) is 10.5. The Morgan fingerprint density at radius 1 is 1.50 bits per heavy atom. The van der Waals surface area contributed by atoms with E-state index in [0.717, 1.165) is 3.70 Å². The summed E-state index contributed by atoms with van der Waals surface area (Å²) in [6.45, 7) is 3.84. The summed E-state index contributed by atoms with van der Waals surface area (Å²) >= 11 is 2.05. The van der Waals surface area contributed by atoms with Gasteiger partial charge in [-0.2, -0.15) is 0 Å². The maximum atomic E-state index is 9.82. The number of hydrogen-bond donors (Lipinski definition) is 1. The van der Waals surface area contributed by atoms with E-state index < -0.39 is 6.10 Å². The molecule has 1 aromatic rings. The van der Waals surface area contributed by atoms with Crippen molar-refractivity contribution in [2.45, 2.75) is 20.0 Å². The Bertz CT molecular complexity index is 318. The molecule has 0 radical (unpaired) electrons. The van der Waals surface area contributed by atoms with Gasteiger partial charge in [0.2, 0.25) is 5.88 Å². The number of methoxy groups -OCH3 is 1. The van der Waals surface area contributed by atoms with E-state index in [4.69, 9.17) is 4.74 Å². The Balaban J connectivity index is 3.07. The average molecular weight is 308 g/mol. The van der Waals surface area contributed by atoms with Crippen molar-refractivity contribution in [1.29, 1.82) is 0 Å². The highest BCUT2D eigenvalue weighted by atomic mass is 127. The third kappa shape index (κ3) is 2.54. The summed E-state index contributed by atoms with van der Waals surface area (Å²) in [4.78, 5) is 8.26. The monoisotopic (exact) mass is 308 g/mol. The first-order valence-electron chi connectivity index (χ1n) is 4.30. The van der Waals surface area contributed by atoms with E-state index >= 15 is 0 Å². The van der Waals surface area contributed by atoms with Gasteiger partial charge in [-0.15, -0.1) is 0 Å². The summed E-state index contributed by atoms with van der Waals surface area (Å²) < 4.78 is 5.81. The maximum Gasteiger partial charge on any atom is 0.239 e. The number of aliphatic hydroxyl groups is 1. The van der Waals surface area contributed by atoms with E-state index in [-0.39, 0.29) is 5.92 Å². The van der Waals surface area contributed by atoms with Gasteiger partial charge < -0.3 is 9.84 Å². The highest BCUT2D eigenvalue weighted by Crippen LogP contribution is 2.26. The molecule has 1 unspecified atom stereocenters. The summed E-state index contributed by atoms with van der Waals surface area (Å²) in [5.41, 5.74) is 0.503. The van der Waals surface area contributed by atoms with Crippen molar-refractivity contribution >= 4 is 22.6 Å². The van der Waals surface area contributed by atoms with E-state index in [0.29, 0.717) is 11.6 Å². The lowest BCUT2D eigenvalue weighted by atomic mass is 10.0. The summed E-state index contributed by atoms with van der Waals surface area (Å²) in [5, 5.41) is 9.82. The predicted octanol–water partition coefficient (Wildman–Crippen LogP) is 1.78. The van der Waals surface area contributed by atoms with E-state index in [2.05, 4.69) is 32.6 Å². The van der Waals surface area contributed by atoms with Crippen LogP contribution in [-0.4, -0.2) is 22.2 Å². The molecule has 5 heteroatoms. The minimum atomic E-state index is -0.630. The minimum absolute atomic E-state index is 0.0956. The zero-order valence-electron chi connectivity index (χ0n) is 8.36. The number of halogens is 1. The van der Waals surface area contributed by atoms with Crippen molar-refractivity contribution in [3.8, 4) is 5.88 Å². The molecule has 1 N–H and O–H groups in total. The second kappa shape index (κ2) is 4.88. The Labute approximate surface area is 96.9 Å². The lowest BCUT2D eigenvalue weighted by Crippen LogP contribution is -2.10. The van der Waals surface area contributed by atoms with Crippen LogP contribution in [0.2, 0.25) is 0 Å². The molecule has 1 heterocycles. The van der Waals surface area contributed by atoms with Gasteiger partial charge in [0, 0.05) is 0 Å². The van der Waals surface area contributed by atoms with Gasteiger partial charge in [-0.1, -0.05) is 13.8 Å². The molecule has 0 amide bonds. The van der Waals surface area contributed by atoms with Gasteiger partial charge in [0.15, 0.2) is 0 Å². The Morgan fingerprint density at radius 2 is 2.14 bits per heavy atom. The van der Waals surface area contributed by atoms with E-state index in [9.17, 15) is 5.11 Å². The highest BCUT2D eigenvalue weighted by molar-refractivity contribution is 14.1. The van der Waals surface area contributed by atoms with Crippen molar-refractivity contribution in [3.63, 3.8) is 0 Å². The molecule has 0 bridgehead atoms. The van der Waals surface area contributed by atoms with Crippen molar-refractivity contribution < 1.29 is 9.84 Å². The molecule has 0 saturated carbocycles. The fourth-order valence-electron chi connectivity index (χ4n) is 1.03. The van der Waals surface area contributed by atoms with Crippen LogP contribution in [-0.2, 0) is 0 Å². The summed E-state index contributed by atoms with van der Waals surface area (Å²) in [6, 6.07) is 0. The Morgan fingerprint density at radius 3 is 2.64 bits per heavy atom. The smallest absolute Gasteiger partial charge is 0.239 e. The number of aromatic nitrogens is 2. The SMILES string of the molecule is COc1nc(I)cnc1C(O)C(C)C. The number of ether oxygens (including phenoxy) is 1. The minimum Gasteiger partial charge on any atom is -0.480 e. The maximum absolute atomic E-state index is 9.82. The summed E-state index contributed by atoms with van der Waals surface area (Å²) in [6.07, 6.45) is 0.985. The van der Waals surface area contributed by atoms with Crippen LogP contribution in [0.1, 0.15) is 25.6 Å². The van der Waals surface area contributed by atoms with Crippen LogP contribution < -0.4 is 4.74 Å². The number of aliphatic hydroxyl groups excluding tert-OH is 1. The van der Waals surface area contributed by atoms with Crippen LogP contribution in [0.25, 0.3) is 0 Å². The topological polar surface area (TPSA) is 55.2 Å². The molecule has 0 saturated heterocycles. The second-order valence-corrected chi connectivity index (χ2v) is 4.38. The predicted molar refractivity (Wildman–Crippen MR) is 61.1 cm³/mol. The van der Waals surface area contributed by atoms with Crippen LogP contribution in [0.3, 0.4) is 0 Å². The third-order valence-electron chi connectivity index (χ3n) is 1.84. The summed E-state index contributed by atoms with van der Waals surface area (Å²) in [7, 11) is 1.52. The van der Waals surface area contributed by atoms with Gasteiger partial charge in [-0.3, -0.25) is 4.98 Å². The summed E-state index contributed by atoms with van der Waals surface area (Å²) in [5.74, 6) is 0.497. The normalized spacial score (nSPS) is 13.0. The Kier molecular flexibility index (Phi) is 4.06. The first-order valence-corrected chi connectivity index (χ1v) is 5.38. The highest BCUT2D eigenvalue weighted by Gasteiger charge is 2.19. The lowest BCUT2D eigenvalue weighted by Gasteiger charge is -2.15. The number of rotatable bonds is 3.